The summed E-state index contributed by atoms with van der Waals surface area (Å²) in [6.07, 6.45) is 3.08. The molecule has 8 aromatic carbocycles. The predicted molar refractivity (Wildman–Crippen MR) is 296 cm³/mol. The smallest absolute Gasteiger partial charge is 0.252 e. The molecule has 1 saturated carbocycles. The van der Waals surface area contributed by atoms with Crippen molar-refractivity contribution in [2.24, 2.45) is 0 Å². The van der Waals surface area contributed by atoms with Crippen molar-refractivity contribution in [3.05, 3.63) is 174 Å². The minimum absolute atomic E-state index is 0.0853. The Bertz CT molecular complexity index is 3690. The van der Waals surface area contributed by atoms with Crippen molar-refractivity contribution in [1.82, 2.24) is 0 Å². The highest BCUT2D eigenvalue weighted by molar-refractivity contribution is 7.26. The van der Waals surface area contributed by atoms with Gasteiger partial charge in [0.25, 0.3) is 6.71 Å². The van der Waals surface area contributed by atoms with E-state index < -0.39 is 0 Å². The quantitative estimate of drug-likeness (QED) is 0.165. The Morgan fingerprint density at radius 3 is 1.86 bits per heavy atom. The number of nitrogens with zero attached hydrogens (tertiary/aromatic N) is 3. The first-order valence-corrected chi connectivity index (χ1v) is 25.9. The monoisotopic (exact) mass is 931 g/mol. The van der Waals surface area contributed by atoms with Gasteiger partial charge in [0.05, 0.1) is 21.6 Å². The zero-order valence-corrected chi connectivity index (χ0v) is 42.0. The number of para-hydroxylation sites is 2. The van der Waals surface area contributed by atoms with Crippen LogP contribution in [0.1, 0.15) is 91.3 Å². The van der Waals surface area contributed by atoms with Crippen molar-refractivity contribution < 1.29 is 8.81 Å². The van der Waals surface area contributed by atoms with E-state index in [-0.39, 0.29) is 34.3 Å². The lowest BCUT2D eigenvalue weighted by molar-refractivity contribution is 0.330. The summed E-state index contributed by atoms with van der Waals surface area (Å²) in [5, 5.41) is 4.74. The fraction of sp³-hybridized carbons (Fsp3) is 0.238. The van der Waals surface area contributed by atoms with Crippen molar-refractivity contribution in [2.45, 2.75) is 96.4 Å². The first kappa shape index (κ1) is 42.1. The fourth-order valence-electron chi connectivity index (χ4n) is 13.3. The number of benzene rings is 8. The summed E-state index contributed by atoms with van der Waals surface area (Å²) in [6, 6.07) is 55.8. The van der Waals surface area contributed by atoms with Crippen LogP contribution in [-0.2, 0) is 16.2 Å². The van der Waals surface area contributed by atoms with E-state index in [0.29, 0.717) is 0 Å². The number of furan rings is 1. The molecule has 0 N–H and O–H groups in total. The highest BCUT2D eigenvalue weighted by Gasteiger charge is 2.60. The molecule has 7 heteroatoms. The molecule has 0 spiro atoms. The van der Waals surface area contributed by atoms with Gasteiger partial charge >= 0.3 is 0 Å². The molecule has 344 valence electrons. The third kappa shape index (κ3) is 5.58. The summed E-state index contributed by atoms with van der Waals surface area (Å²) in [7, 11) is 0. The van der Waals surface area contributed by atoms with Gasteiger partial charge in [0, 0.05) is 65.8 Å². The number of anilines is 8. The van der Waals surface area contributed by atoms with Gasteiger partial charge in [0.2, 0.25) is 0 Å². The maximum atomic E-state index is 15.6. The number of fused-ring (bicyclic) bond motifs is 13. The Morgan fingerprint density at radius 1 is 0.557 bits per heavy atom. The maximum absolute atomic E-state index is 15.6. The van der Waals surface area contributed by atoms with Crippen LogP contribution in [0.2, 0.25) is 0 Å². The SMILES string of the molecule is CC(C)(C)c1ccc2c(c1)B1c3cc(C(C)(C)C)ccc3N(c3cccc4c3sc3ccccc34)c3cc(N4c5ccc(F)cc5C5(C)CCCC45C)cc(c31)N2c1cccc2c1oc1ccccc12. The van der Waals surface area contributed by atoms with Crippen LogP contribution in [0.4, 0.5) is 49.9 Å². The molecule has 0 bridgehead atoms. The number of halogens is 1. The van der Waals surface area contributed by atoms with Crippen molar-refractivity contribution in [3.63, 3.8) is 0 Å². The summed E-state index contributed by atoms with van der Waals surface area (Å²) in [4.78, 5) is 7.74. The highest BCUT2D eigenvalue weighted by Crippen LogP contribution is 2.63. The average molecular weight is 932 g/mol. The van der Waals surface area contributed by atoms with Crippen molar-refractivity contribution in [1.29, 1.82) is 0 Å². The van der Waals surface area contributed by atoms with Gasteiger partial charge < -0.3 is 19.1 Å². The molecule has 10 aromatic rings. The van der Waals surface area contributed by atoms with Crippen LogP contribution in [-0.4, -0.2) is 12.3 Å². The number of hydrogen-bond donors (Lipinski definition) is 0. The zero-order valence-electron chi connectivity index (χ0n) is 41.2. The van der Waals surface area contributed by atoms with Crippen molar-refractivity contribution >= 4 is 122 Å². The lowest BCUT2D eigenvalue weighted by Gasteiger charge is -2.47. The molecule has 0 saturated heterocycles. The molecular weight excluding hydrogens is 877 g/mol. The molecule has 0 amide bonds. The molecule has 1 aliphatic carbocycles. The van der Waals surface area contributed by atoms with Crippen molar-refractivity contribution in [2.75, 3.05) is 14.7 Å². The Labute approximate surface area is 414 Å². The Hall–Kier alpha value is -6.83. The molecule has 2 unspecified atom stereocenters. The minimum Gasteiger partial charge on any atom is -0.454 e. The molecule has 4 nitrogen and oxygen atoms in total. The second-order valence-electron chi connectivity index (χ2n) is 23.0. The van der Waals surface area contributed by atoms with E-state index in [2.05, 4.69) is 204 Å². The maximum Gasteiger partial charge on any atom is 0.252 e. The standard InChI is InChI=1S/C63H55BFN3OS/c1-60(2,3)37-24-27-49-46(32-37)64-47-33-38(61(4,5)6)25-28-50(47)67(52-21-14-19-44-42-17-10-12-23-56(42)70-59(44)52)54-36-40(68-48-29-26-39(65)34-45(48)62(7)30-15-31-63(62,68)8)35-53(57(54)64)66(49)51-20-13-18-43-41-16-9-11-22-55(41)69-58(43)51/h9-14,16-29,32-36H,15,30-31H2,1-8H3. The lowest BCUT2D eigenvalue weighted by atomic mass is 9.33. The van der Waals surface area contributed by atoms with Gasteiger partial charge in [0.1, 0.15) is 11.4 Å². The van der Waals surface area contributed by atoms with Crippen LogP contribution >= 0.6 is 11.3 Å². The number of rotatable bonds is 3. The van der Waals surface area contributed by atoms with Crippen LogP contribution in [0, 0.1) is 5.82 Å². The molecule has 3 aliphatic heterocycles. The molecule has 2 atom stereocenters. The van der Waals surface area contributed by atoms with Gasteiger partial charge in [-0.1, -0.05) is 140 Å². The molecule has 1 fully saturated rings. The molecular formula is C63H55BFN3OS. The van der Waals surface area contributed by atoms with E-state index >= 15 is 4.39 Å². The Kier molecular flexibility index (Phi) is 8.52. The molecule has 0 radical (unpaired) electrons. The van der Waals surface area contributed by atoms with E-state index in [1.807, 2.05) is 23.5 Å². The highest BCUT2D eigenvalue weighted by atomic mass is 32.1. The molecule has 2 aromatic heterocycles. The first-order valence-electron chi connectivity index (χ1n) is 25.1. The van der Waals surface area contributed by atoms with Crippen LogP contribution < -0.4 is 31.1 Å². The number of hydrogen-bond acceptors (Lipinski definition) is 5. The average Bonchev–Trinajstić information content (AvgIpc) is 4.06. The summed E-state index contributed by atoms with van der Waals surface area (Å²) in [5.74, 6) is -0.176. The Balaban J connectivity index is 1.16. The topological polar surface area (TPSA) is 22.9 Å². The second kappa shape index (κ2) is 14.2. The fourth-order valence-corrected chi connectivity index (χ4v) is 14.5. The molecule has 70 heavy (non-hydrogen) atoms. The third-order valence-corrected chi connectivity index (χ3v) is 18.3. The summed E-state index contributed by atoms with van der Waals surface area (Å²) < 4.78 is 25.1. The Morgan fingerprint density at radius 2 is 1.16 bits per heavy atom. The van der Waals surface area contributed by atoms with E-state index in [0.717, 1.165) is 80.9 Å². The van der Waals surface area contributed by atoms with E-state index in [1.54, 1.807) is 6.07 Å². The third-order valence-electron chi connectivity index (χ3n) is 17.1. The van der Waals surface area contributed by atoms with Crippen LogP contribution in [0.5, 0.6) is 0 Å². The van der Waals surface area contributed by atoms with Crippen LogP contribution in [0.3, 0.4) is 0 Å². The predicted octanol–water partition coefficient (Wildman–Crippen LogP) is 16.1. The molecule has 14 rings (SSSR count). The summed E-state index contributed by atoms with van der Waals surface area (Å²) in [6.45, 7) is 18.7. The van der Waals surface area contributed by atoms with Crippen LogP contribution in [0.15, 0.2) is 156 Å². The normalized spacial score (nSPS) is 19.3. The van der Waals surface area contributed by atoms with E-state index in [9.17, 15) is 0 Å². The van der Waals surface area contributed by atoms with Gasteiger partial charge in [0.15, 0.2) is 5.58 Å². The second-order valence-corrected chi connectivity index (χ2v) is 24.1. The van der Waals surface area contributed by atoms with E-state index in [4.69, 9.17) is 4.42 Å². The van der Waals surface area contributed by atoms with Crippen molar-refractivity contribution in [3.8, 4) is 0 Å². The molecule has 4 aliphatic rings. The van der Waals surface area contributed by atoms with Gasteiger partial charge in [-0.25, -0.2) is 4.39 Å². The van der Waals surface area contributed by atoms with Gasteiger partial charge in [-0.2, -0.15) is 0 Å². The van der Waals surface area contributed by atoms with Crippen LogP contribution in [0.25, 0.3) is 42.1 Å². The van der Waals surface area contributed by atoms with Gasteiger partial charge in [-0.05, 0) is 130 Å². The van der Waals surface area contributed by atoms with Gasteiger partial charge in [-0.15, -0.1) is 11.3 Å². The summed E-state index contributed by atoms with van der Waals surface area (Å²) >= 11 is 1.88. The van der Waals surface area contributed by atoms with Gasteiger partial charge in [-0.3, -0.25) is 0 Å². The largest absolute Gasteiger partial charge is 0.454 e. The summed E-state index contributed by atoms with van der Waals surface area (Å²) in [5.41, 5.74) is 17.6. The zero-order chi connectivity index (χ0) is 47.8. The first-order chi connectivity index (χ1) is 33.6. The lowest BCUT2D eigenvalue weighted by Crippen LogP contribution is -2.62. The van der Waals surface area contributed by atoms with E-state index in [1.165, 1.54) is 59.1 Å². The number of thiophene rings is 1. The minimum atomic E-state index is -0.300. The molecule has 5 heterocycles.